The van der Waals surface area contributed by atoms with Crippen LogP contribution in [-0.2, 0) is 16.1 Å². The average Bonchev–Trinajstić information content (AvgIpc) is 3.51. The highest BCUT2D eigenvalue weighted by Gasteiger charge is 2.46. The van der Waals surface area contributed by atoms with Crippen LogP contribution in [0.15, 0.2) is 70.9 Å². The summed E-state index contributed by atoms with van der Waals surface area (Å²) in [5.74, 6) is 0.273. The van der Waals surface area contributed by atoms with Crippen LogP contribution >= 0.6 is 0 Å². The van der Waals surface area contributed by atoms with Crippen molar-refractivity contribution in [3.05, 3.63) is 83.3 Å². The van der Waals surface area contributed by atoms with Crippen molar-refractivity contribution in [3.8, 4) is 17.2 Å². The molecule has 2 heterocycles. The topological polar surface area (TPSA) is 98.4 Å². The number of unbranched alkanes of at least 4 members (excludes halogenated alkanes) is 1. The molecule has 1 amide bonds. The van der Waals surface area contributed by atoms with Crippen LogP contribution in [0.5, 0.6) is 17.2 Å². The maximum atomic E-state index is 13.2. The normalized spacial score (nSPS) is 16.9. The van der Waals surface area contributed by atoms with Gasteiger partial charge in [-0.1, -0.05) is 25.5 Å². The number of aliphatic hydroxyl groups is 1. The Morgan fingerprint density at radius 2 is 1.78 bits per heavy atom. The molecule has 1 atom stereocenters. The molecule has 0 aliphatic carbocycles. The van der Waals surface area contributed by atoms with Crippen LogP contribution < -0.4 is 14.2 Å². The number of ether oxygens (including phenoxy) is 3. The molecular formula is C28H29NO7. The fourth-order valence-corrected chi connectivity index (χ4v) is 4.18. The summed E-state index contributed by atoms with van der Waals surface area (Å²) in [4.78, 5) is 27.8. The second-order valence-electron chi connectivity index (χ2n) is 8.35. The Balaban J connectivity index is 1.78. The molecule has 1 aliphatic rings. The number of rotatable bonds is 10. The van der Waals surface area contributed by atoms with Crippen LogP contribution in [0.4, 0.5) is 0 Å². The molecule has 4 rings (SSSR count). The van der Waals surface area contributed by atoms with E-state index in [-0.39, 0.29) is 17.9 Å². The minimum atomic E-state index is -0.826. The highest BCUT2D eigenvalue weighted by molar-refractivity contribution is 6.46. The smallest absolute Gasteiger partial charge is 0.296 e. The minimum Gasteiger partial charge on any atom is -0.507 e. The van der Waals surface area contributed by atoms with E-state index in [1.165, 1.54) is 25.4 Å². The highest BCUT2D eigenvalue weighted by Crippen LogP contribution is 2.41. The molecule has 2 aromatic carbocycles. The van der Waals surface area contributed by atoms with Crippen molar-refractivity contribution in [1.82, 2.24) is 4.90 Å². The largest absolute Gasteiger partial charge is 0.507 e. The second-order valence-corrected chi connectivity index (χ2v) is 8.35. The van der Waals surface area contributed by atoms with E-state index in [2.05, 4.69) is 6.92 Å². The van der Waals surface area contributed by atoms with Crippen molar-refractivity contribution in [2.45, 2.75) is 32.4 Å². The Bertz CT molecular complexity index is 1250. The van der Waals surface area contributed by atoms with Crippen LogP contribution in [0.25, 0.3) is 5.76 Å². The molecule has 1 fully saturated rings. The first-order chi connectivity index (χ1) is 17.5. The zero-order chi connectivity index (χ0) is 25.7. The molecule has 0 saturated carbocycles. The van der Waals surface area contributed by atoms with E-state index in [0.29, 0.717) is 40.7 Å². The lowest BCUT2D eigenvalue weighted by Gasteiger charge is -2.24. The Morgan fingerprint density at radius 3 is 2.42 bits per heavy atom. The Labute approximate surface area is 209 Å². The first-order valence-corrected chi connectivity index (χ1v) is 11.7. The molecule has 36 heavy (non-hydrogen) atoms. The van der Waals surface area contributed by atoms with Crippen LogP contribution in [0, 0.1) is 0 Å². The number of aliphatic hydroxyl groups excluding tert-OH is 1. The molecule has 0 bridgehead atoms. The predicted molar refractivity (Wildman–Crippen MR) is 133 cm³/mol. The lowest BCUT2D eigenvalue weighted by Crippen LogP contribution is -2.29. The minimum absolute atomic E-state index is 0.0153. The molecule has 1 N–H and O–H groups in total. The van der Waals surface area contributed by atoms with Gasteiger partial charge in [0.05, 0.1) is 45.2 Å². The van der Waals surface area contributed by atoms with Crippen LogP contribution in [-0.4, -0.2) is 42.5 Å². The number of methoxy groups -OCH3 is 2. The number of benzene rings is 2. The number of nitrogens with zero attached hydrogens (tertiary/aromatic N) is 1. The molecule has 8 heteroatoms. The first-order valence-electron chi connectivity index (χ1n) is 11.7. The number of carbonyl (C=O) groups is 2. The van der Waals surface area contributed by atoms with Crippen molar-refractivity contribution in [2.75, 3.05) is 20.8 Å². The first kappa shape index (κ1) is 24.9. The summed E-state index contributed by atoms with van der Waals surface area (Å²) in [5, 5.41) is 11.3. The number of hydrogen-bond acceptors (Lipinski definition) is 7. The van der Waals surface area contributed by atoms with E-state index in [0.717, 1.165) is 12.8 Å². The van der Waals surface area contributed by atoms with Crippen molar-refractivity contribution in [3.63, 3.8) is 0 Å². The zero-order valence-electron chi connectivity index (χ0n) is 20.5. The van der Waals surface area contributed by atoms with Crippen LogP contribution in [0.1, 0.15) is 42.7 Å². The molecule has 1 aromatic heterocycles. The van der Waals surface area contributed by atoms with Gasteiger partial charge >= 0.3 is 0 Å². The van der Waals surface area contributed by atoms with Crippen LogP contribution in [0.2, 0.25) is 0 Å². The molecule has 188 valence electrons. The van der Waals surface area contributed by atoms with Crippen molar-refractivity contribution >= 4 is 17.4 Å². The van der Waals surface area contributed by atoms with Gasteiger partial charge in [-0.3, -0.25) is 9.59 Å². The van der Waals surface area contributed by atoms with Gasteiger partial charge in [0.15, 0.2) is 11.5 Å². The molecule has 0 radical (unpaired) electrons. The van der Waals surface area contributed by atoms with Gasteiger partial charge in [0, 0.05) is 5.56 Å². The average molecular weight is 492 g/mol. The zero-order valence-corrected chi connectivity index (χ0v) is 20.5. The third-order valence-electron chi connectivity index (χ3n) is 6.07. The Kier molecular flexibility index (Phi) is 7.63. The maximum Gasteiger partial charge on any atom is 0.296 e. The van der Waals surface area contributed by atoms with E-state index >= 15 is 0 Å². The SMILES string of the molecule is CCCCOc1ccc(C2C(=C(O)c3ccc(OC)c(OC)c3)C(=O)C(=O)N2Cc2ccco2)cc1. The molecule has 0 spiro atoms. The quantitative estimate of drug-likeness (QED) is 0.182. The van der Waals surface area contributed by atoms with Gasteiger partial charge in [-0.05, 0) is 54.4 Å². The molecule has 1 unspecified atom stereocenters. The predicted octanol–water partition coefficient (Wildman–Crippen LogP) is 5.10. The highest BCUT2D eigenvalue weighted by atomic mass is 16.5. The molecular weight excluding hydrogens is 462 g/mol. The third-order valence-corrected chi connectivity index (χ3v) is 6.07. The van der Waals surface area contributed by atoms with Crippen molar-refractivity contribution < 1.29 is 33.3 Å². The second kappa shape index (κ2) is 11.0. The van der Waals surface area contributed by atoms with Gasteiger partial charge in [-0.25, -0.2) is 0 Å². The fraction of sp³-hybridized carbons (Fsp3) is 0.286. The van der Waals surface area contributed by atoms with Gasteiger partial charge in [0.2, 0.25) is 0 Å². The van der Waals surface area contributed by atoms with E-state index in [1.807, 2.05) is 0 Å². The lowest BCUT2D eigenvalue weighted by atomic mass is 9.95. The number of likely N-dealkylation sites (tertiary alicyclic amines) is 1. The molecule has 1 aliphatic heterocycles. The molecule has 3 aromatic rings. The van der Waals surface area contributed by atoms with Gasteiger partial charge in [-0.15, -0.1) is 0 Å². The number of amides is 1. The number of furan rings is 1. The Hall–Kier alpha value is -4.20. The van der Waals surface area contributed by atoms with E-state index in [4.69, 9.17) is 18.6 Å². The standard InChI is InChI=1S/C28H29NO7/c1-4-5-14-35-20-11-8-18(9-12-20)25-24(26(30)19-10-13-22(33-2)23(16-19)34-3)27(31)28(32)29(25)17-21-7-6-15-36-21/h6-13,15-16,25,30H,4-5,14,17H2,1-3H3. The summed E-state index contributed by atoms with van der Waals surface area (Å²) in [5.41, 5.74) is 0.970. The van der Waals surface area contributed by atoms with Gasteiger partial charge in [-0.2, -0.15) is 0 Å². The monoisotopic (exact) mass is 491 g/mol. The van der Waals surface area contributed by atoms with E-state index in [1.54, 1.807) is 54.6 Å². The van der Waals surface area contributed by atoms with Crippen molar-refractivity contribution in [2.24, 2.45) is 0 Å². The molecule has 8 nitrogen and oxygen atoms in total. The number of ketones is 1. The summed E-state index contributed by atoms with van der Waals surface area (Å²) in [6.45, 7) is 2.76. The summed E-state index contributed by atoms with van der Waals surface area (Å²) >= 11 is 0. The summed E-state index contributed by atoms with van der Waals surface area (Å²) in [6.07, 6.45) is 3.47. The van der Waals surface area contributed by atoms with Crippen LogP contribution in [0.3, 0.4) is 0 Å². The van der Waals surface area contributed by atoms with E-state index < -0.39 is 17.7 Å². The Morgan fingerprint density at radius 1 is 1.03 bits per heavy atom. The molecule has 1 saturated heterocycles. The van der Waals surface area contributed by atoms with Gasteiger partial charge in [0.1, 0.15) is 17.3 Å². The number of carbonyl (C=O) groups excluding carboxylic acids is 2. The van der Waals surface area contributed by atoms with Gasteiger partial charge < -0.3 is 28.6 Å². The van der Waals surface area contributed by atoms with Gasteiger partial charge in [0.25, 0.3) is 11.7 Å². The summed E-state index contributed by atoms with van der Waals surface area (Å²) in [6, 6.07) is 14.6. The maximum absolute atomic E-state index is 13.2. The van der Waals surface area contributed by atoms with E-state index in [9.17, 15) is 14.7 Å². The summed E-state index contributed by atoms with van der Waals surface area (Å²) in [7, 11) is 2.99. The number of Topliss-reactive ketones (excluding diaryl/α,β-unsaturated/α-hetero) is 1. The summed E-state index contributed by atoms with van der Waals surface area (Å²) < 4.78 is 21.8. The van der Waals surface area contributed by atoms with Crippen molar-refractivity contribution in [1.29, 1.82) is 0 Å². The number of hydrogen-bond donors (Lipinski definition) is 1. The lowest BCUT2D eigenvalue weighted by molar-refractivity contribution is -0.140. The third kappa shape index (κ3) is 4.93. The fourth-order valence-electron chi connectivity index (χ4n) is 4.18.